The van der Waals surface area contributed by atoms with Crippen LogP contribution in [-0.4, -0.2) is 39.7 Å². The van der Waals surface area contributed by atoms with Crippen LogP contribution in [-0.2, 0) is 36.6 Å². The Bertz CT molecular complexity index is 1810. The number of nitrogens with zero attached hydrogens (tertiary/aromatic N) is 3. The molecular weight excluding hydrogens is 564 g/mol. The molecule has 0 bridgehead atoms. The second kappa shape index (κ2) is 11.0. The van der Waals surface area contributed by atoms with Crippen molar-refractivity contribution in [2.24, 2.45) is 0 Å². The van der Waals surface area contributed by atoms with Gasteiger partial charge in [0.2, 0.25) is 0 Å². The predicted octanol–water partition coefficient (Wildman–Crippen LogP) is 6.18. The molecule has 0 saturated heterocycles. The second-order valence-electron chi connectivity index (χ2n) is 12.0. The summed E-state index contributed by atoms with van der Waals surface area (Å²) in [5, 5.41) is 16.2. The molecule has 2 aromatic carbocycles. The van der Waals surface area contributed by atoms with E-state index in [1.165, 1.54) is 0 Å². The second-order valence-corrected chi connectivity index (χ2v) is 12.4. The van der Waals surface area contributed by atoms with Gasteiger partial charge in [0.05, 0.1) is 34.0 Å². The summed E-state index contributed by atoms with van der Waals surface area (Å²) in [6, 6.07) is 14.2. The van der Waals surface area contributed by atoms with Gasteiger partial charge >= 0.3 is 0 Å². The average molecular weight is 601 g/mol. The van der Waals surface area contributed by atoms with Gasteiger partial charge in [0.15, 0.2) is 0 Å². The van der Waals surface area contributed by atoms with E-state index < -0.39 is 5.60 Å². The molecule has 9 heteroatoms. The molecule has 2 aliphatic rings. The molecular formula is C34H37ClN4O4. The molecule has 8 nitrogen and oxygen atoms in total. The van der Waals surface area contributed by atoms with Gasteiger partial charge in [-0.1, -0.05) is 37.2 Å². The molecule has 6 rings (SSSR count). The first kappa shape index (κ1) is 29.2. The summed E-state index contributed by atoms with van der Waals surface area (Å²) in [6.45, 7) is 11.5. The number of nitrogens with one attached hydrogen (secondary N) is 1. The molecule has 0 radical (unpaired) electrons. The maximum atomic E-state index is 13.8. The first-order valence-electron chi connectivity index (χ1n) is 14.6. The maximum absolute atomic E-state index is 13.8. The van der Waals surface area contributed by atoms with Gasteiger partial charge in [0.1, 0.15) is 30.3 Å². The van der Waals surface area contributed by atoms with Crippen LogP contribution in [0.5, 0.6) is 5.75 Å². The van der Waals surface area contributed by atoms with Crippen LogP contribution in [0.15, 0.2) is 59.6 Å². The first-order chi connectivity index (χ1) is 20.5. The summed E-state index contributed by atoms with van der Waals surface area (Å²) in [7, 11) is 4.03. The normalized spacial score (nSPS) is 17.2. The Morgan fingerprint density at radius 1 is 1.21 bits per heavy atom. The minimum Gasteiger partial charge on any atom is -0.490 e. The van der Waals surface area contributed by atoms with Gasteiger partial charge in [0.25, 0.3) is 5.56 Å². The van der Waals surface area contributed by atoms with Crippen molar-refractivity contribution in [3.63, 3.8) is 0 Å². The third-order valence-electron chi connectivity index (χ3n) is 8.30. The van der Waals surface area contributed by atoms with Crippen molar-refractivity contribution in [3.05, 3.63) is 98.0 Å². The third kappa shape index (κ3) is 5.07. The zero-order chi connectivity index (χ0) is 30.6. The number of pyridine rings is 2. The van der Waals surface area contributed by atoms with E-state index in [1.54, 1.807) is 4.57 Å². The molecule has 1 atom stereocenters. The van der Waals surface area contributed by atoms with E-state index in [1.807, 2.05) is 63.5 Å². The van der Waals surface area contributed by atoms with Gasteiger partial charge < -0.3 is 29.4 Å². The number of hydrogen-bond donors (Lipinski definition) is 2. The molecule has 0 saturated carbocycles. The largest absolute Gasteiger partial charge is 0.490 e. The number of rotatable bonds is 8. The van der Waals surface area contributed by atoms with Crippen molar-refractivity contribution in [1.82, 2.24) is 14.5 Å². The van der Waals surface area contributed by atoms with E-state index in [-0.39, 0.29) is 17.9 Å². The molecule has 0 fully saturated rings. The number of fused-ring (bicyclic) bond motifs is 5. The fourth-order valence-corrected chi connectivity index (χ4v) is 6.29. The van der Waals surface area contributed by atoms with Crippen LogP contribution >= 0.6 is 11.6 Å². The molecule has 2 aromatic heterocycles. The minimum absolute atomic E-state index is 0.0825. The summed E-state index contributed by atoms with van der Waals surface area (Å²) in [5.41, 5.74) is 5.63. The highest BCUT2D eigenvalue weighted by molar-refractivity contribution is 6.32. The van der Waals surface area contributed by atoms with E-state index in [4.69, 9.17) is 26.1 Å². The average Bonchev–Trinajstić information content (AvgIpc) is 3.33. The fraction of sp³-hybridized carbons (Fsp3) is 0.353. The van der Waals surface area contributed by atoms with Gasteiger partial charge in [-0.05, 0) is 75.8 Å². The Morgan fingerprint density at radius 2 is 1.95 bits per heavy atom. The first-order valence-corrected chi connectivity index (χ1v) is 15.0. The molecule has 224 valence electrons. The standard InChI is InChI=1S/C34H37ClN4O4/c1-7-34(41)20(4)42-18-26-27(34)13-30-32-25(16-39(30)33(26)40)24(15-38(5)6)23-12-31(28(35)14-29(23)37-32)43-17-21-8-10-22(11-9-21)36-19(2)3/h8-14,19,36,41H,4,7,15-18H2,1-3,5-6H3/t34-/m1/s1. The Labute approximate surface area is 256 Å². The molecule has 4 aromatic rings. The highest BCUT2D eigenvalue weighted by Gasteiger charge is 2.41. The van der Waals surface area contributed by atoms with Crippen molar-refractivity contribution in [1.29, 1.82) is 0 Å². The van der Waals surface area contributed by atoms with E-state index in [0.29, 0.717) is 65.3 Å². The van der Waals surface area contributed by atoms with Crippen molar-refractivity contribution in [2.45, 2.75) is 65.1 Å². The number of aromatic nitrogens is 2. The van der Waals surface area contributed by atoms with Gasteiger partial charge in [-0.2, -0.15) is 0 Å². The van der Waals surface area contributed by atoms with Crippen LogP contribution in [0.1, 0.15) is 55.0 Å². The highest BCUT2D eigenvalue weighted by Crippen LogP contribution is 2.43. The predicted molar refractivity (Wildman–Crippen MR) is 171 cm³/mol. The van der Waals surface area contributed by atoms with Crippen LogP contribution in [0, 0.1) is 0 Å². The number of anilines is 1. The molecule has 2 aliphatic heterocycles. The van der Waals surface area contributed by atoms with Crippen molar-refractivity contribution in [3.8, 4) is 17.1 Å². The van der Waals surface area contributed by atoms with Crippen LogP contribution in [0.3, 0.4) is 0 Å². The Hall–Kier alpha value is -3.85. The zero-order valence-electron chi connectivity index (χ0n) is 25.3. The lowest BCUT2D eigenvalue weighted by atomic mass is 9.84. The molecule has 0 amide bonds. The van der Waals surface area contributed by atoms with E-state index in [2.05, 4.69) is 30.6 Å². The summed E-state index contributed by atoms with van der Waals surface area (Å²) in [5.74, 6) is 0.833. The van der Waals surface area contributed by atoms with Crippen LogP contribution in [0.25, 0.3) is 22.3 Å². The summed E-state index contributed by atoms with van der Waals surface area (Å²) in [6.07, 6.45) is 0.336. The quantitative estimate of drug-likeness (QED) is 0.220. The Morgan fingerprint density at radius 3 is 2.63 bits per heavy atom. The smallest absolute Gasteiger partial charge is 0.258 e. The summed E-state index contributed by atoms with van der Waals surface area (Å²) in [4.78, 5) is 20.9. The van der Waals surface area contributed by atoms with Crippen molar-refractivity contribution >= 4 is 28.2 Å². The number of ether oxygens (including phenoxy) is 2. The topological polar surface area (TPSA) is 88.9 Å². The number of benzene rings is 2. The monoisotopic (exact) mass is 600 g/mol. The van der Waals surface area contributed by atoms with E-state index in [0.717, 1.165) is 33.5 Å². The molecule has 43 heavy (non-hydrogen) atoms. The highest BCUT2D eigenvalue weighted by atomic mass is 35.5. The third-order valence-corrected chi connectivity index (χ3v) is 8.60. The Balaban J connectivity index is 1.42. The van der Waals surface area contributed by atoms with Crippen LogP contribution < -0.4 is 15.6 Å². The molecule has 2 N–H and O–H groups in total. The van der Waals surface area contributed by atoms with Gasteiger partial charge in [0, 0.05) is 34.8 Å². The van der Waals surface area contributed by atoms with Gasteiger partial charge in [-0.3, -0.25) is 4.79 Å². The fourth-order valence-electron chi connectivity index (χ4n) is 6.08. The summed E-state index contributed by atoms with van der Waals surface area (Å²) < 4.78 is 13.6. The maximum Gasteiger partial charge on any atom is 0.258 e. The van der Waals surface area contributed by atoms with Crippen molar-refractivity contribution < 1.29 is 14.6 Å². The lowest BCUT2D eigenvalue weighted by Gasteiger charge is -2.35. The van der Waals surface area contributed by atoms with Crippen molar-refractivity contribution in [2.75, 3.05) is 19.4 Å². The summed E-state index contributed by atoms with van der Waals surface area (Å²) >= 11 is 6.76. The minimum atomic E-state index is -1.44. The van der Waals surface area contributed by atoms with E-state index in [9.17, 15) is 9.90 Å². The molecule has 0 aliphatic carbocycles. The van der Waals surface area contributed by atoms with Gasteiger partial charge in [-0.25, -0.2) is 4.98 Å². The van der Waals surface area contributed by atoms with Crippen LogP contribution in [0.2, 0.25) is 5.02 Å². The van der Waals surface area contributed by atoms with Crippen LogP contribution in [0.4, 0.5) is 5.69 Å². The number of aliphatic hydroxyl groups is 1. The SMILES string of the molecule is C=C1OCc2c(cc3n(c2=O)Cc2c-3nc3cc(Cl)c(OCc4ccc(NC(C)C)cc4)cc3c2CN(C)C)[C@@]1(O)CC. The molecule has 0 spiro atoms. The zero-order valence-corrected chi connectivity index (χ0v) is 26.0. The van der Waals surface area contributed by atoms with E-state index >= 15 is 0 Å². The molecule has 4 heterocycles. The molecule has 0 unspecified atom stereocenters. The van der Waals surface area contributed by atoms with Gasteiger partial charge in [-0.15, -0.1) is 0 Å². The lowest BCUT2D eigenvalue weighted by molar-refractivity contribution is -0.0172. The number of hydrogen-bond acceptors (Lipinski definition) is 7. The lowest BCUT2D eigenvalue weighted by Crippen LogP contribution is -2.38. The number of halogens is 1. The Kier molecular flexibility index (Phi) is 7.49.